The van der Waals surface area contributed by atoms with Gasteiger partial charge in [-0.05, 0) is 30.3 Å². The Kier molecular flexibility index (Phi) is 4.58. The van der Waals surface area contributed by atoms with Crippen molar-refractivity contribution in [3.8, 4) is 11.5 Å². The van der Waals surface area contributed by atoms with Crippen molar-refractivity contribution in [2.75, 3.05) is 7.11 Å². The van der Waals surface area contributed by atoms with Crippen LogP contribution < -0.4 is 9.47 Å². The summed E-state index contributed by atoms with van der Waals surface area (Å²) in [5.74, 6) is 0.00812. The minimum absolute atomic E-state index is 0.00360. The molecule has 3 nitrogen and oxygen atoms in total. The van der Waals surface area contributed by atoms with Crippen molar-refractivity contribution >= 4 is 17.9 Å². The summed E-state index contributed by atoms with van der Waals surface area (Å²) in [5.41, 5.74) is 1.15. The highest BCUT2D eigenvalue weighted by molar-refractivity contribution is 6.30. The molecule has 0 aliphatic carbocycles. The smallest absolute Gasteiger partial charge is 0.183 e. The maximum absolute atomic E-state index is 13.7. The maximum atomic E-state index is 13.7. The van der Waals surface area contributed by atoms with E-state index in [1.807, 2.05) is 0 Å². The van der Waals surface area contributed by atoms with E-state index in [2.05, 4.69) is 0 Å². The fourth-order valence-corrected chi connectivity index (χ4v) is 1.90. The largest absolute Gasteiger partial charge is 0.496 e. The van der Waals surface area contributed by atoms with Crippen molar-refractivity contribution < 1.29 is 18.7 Å². The molecular weight excluding hydrogens is 283 g/mol. The number of hydrogen-bond acceptors (Lipinski definition) is 3. The number of carbonyl (C=O) groups excluding carboxylic acids is 1. The van der Waals surface area contributed by atoms with Crippen molar-refractivity contribution in [3.63, 3.8) is 0 Å². The molecule has 2 rings (SSSR count). The van der Waals surface area contributed by atoms with Crippen LogP contribution in [0.4, 0.5) is 4.39 Å². The second-order valence-electron chi connectivity index (χ2n) is 4.03. The molecule has 5 heteroatoms. The number of benzene rings is 2. The molecule has 0 amide bonds. The molecule has 0 aromatic heterocycles. The van der Waals surface area contributed by atoms with Gasteiger partial charge in [0.25, 0.3) is 0 Å². The molecule has 0 heterocycles. The number of halogens is 2. The van der Waals surface area contributed by atoms with Gasteiger partial charge in [-0.1, -0.05) is 17.7 Å². The maximum Gasteiger partial charge on any atom is 0.183 e. The van der Waals surface area contributed by atoms with Crippen molar-refractivity contribution in [2.24, 2.45) is 0 Å². The lowest BCUT2D eigenvalue weighted by atomic mass is 10.1. The number of carbonyl (C=O) groups is 1. The fraction of sp³-hybridized carbons (Fsp3) is 0.133. The average Bonchev–Trinajstić information content (AvgIpc) is 2.48. The first-order chi connectivity index (χ1) is 9.65. The standard InChI is InChI=1S/C15H12ClFO3/c1-19-13-6-5-10(8-18)7-11(13)9-20-14-4-2-3-12(16)15(14)17/h2-8H,9H2,1H3. The number of methoxy groups -OCH3 is 1. The molecule has 0 radical (unpaired) electrons. The minimum atomic E-state index is -0.611. The van der Waals surface area contributed by atoms with E-state index in [-0.39, 0.29) is 17.4 Å². The predicted octanol–water partition coefficient (Wildman–Crippen LogP) is 3.88. The van der Waals surface area contributed by atoms with Gasteiger partial charge in [-0.15, -0.1) is 0 Å². The van der Waals surface area contributed by atoms with Gasteiger partial charge in [0.05, 0.1) is 12.1 Å². The van der Waals surface area contributed by atoms with Gasteiger partial charge in [0.1, 0.15) is 18.6 Å². The van der Waals surface area contributed by atoms with Crippen LogP contribution in [0.25, 0.3) is 0 Å². The van der Waals surface area contributed by atoms with Gasteiger partial charge >= 0.3 is 0 Å². The number of ether oxygens (including phenoxy) is 2. The Morgan fingerprint density at radius 2 is 2.05 bits per heavy atom. The summed E-state index contributed by atoms with van der Waals surface area (Å²) in [6.45, 7) is 0.0715. The molecule has 0 N–H and O–H groups in total. The van der Waals surface area contributed by atoms with E-state index in [0.717, 1.165) is 6.29 Å². The summed E-state index contributed by atoms with van der Waals surface area (Å²) in [4.78, 5) is 10.8. The average molecular weight is 295 g/mol. The third-order valence-corrected chi connectivity index (χ3v) is 3.03. The van der Waals surface area contributed by atoms with Crippen LogP contribution in [-0.2, 0) is 6.61 Å². The van der Waals surface area contributed by atoms with Crippen LogP contribution in [-0.4, -0.2) is 13.4 Å². The zero-order valence-electron chi connectivity index (χ0n) is 10.7. The summed E-state index contributed by atoms with van der Waals surface area (Å²) in [6, 6.07) is 9.45. The lowest BCUT2D eigenvalue weighted by Crippen LogP contribution is -2.01. The molecule has 0 saturated carbocycles. The molecule has 0 atom stereocenters. The lowest BCUT2D eigenvalue weighted by Gasteiger charge is -2.11. The van der Waals surface area contributed by atoms with E-state index in [4.69, 9.17) is 21.1 Å². The molecule has 0 fully saturated rings. The van der Waals surface area contributed by atoms with Gasteiger partial charge in [-0.3, -0.25) is 4.79 Å². The van der Waals surface area contributed by atoms with Crippen LogP contribution in [0, 0.1) is 5.82 Å². The summed E-state index contributed by atoms with van der Waals surface area (Å²) >= 11 is 5.68. The van der Waals surface area contributed by atoms with Crippen LogP contribution in [0.15, 0.2) is 36.4 Å². The van der Waals surface area contributed by atoms with Gasteiger partial charge in [0, 0.05) is 11.1 Å². The van der Waals surface area contributed by atoms with Crippen LogP contribution in [0.2, 0.25) is 5.02 Å². The number of aldehydes is 1. The van der Waals surface area contributed by atoms with E-state index in [1.54, 1.807) is 24.3 Å². The van der Waals surface area contributed by atoms with Crippen molar-refractivity contribution in [2.45, 2.75) is 6.61 Å². The van der Waals surface area contributed by atoms with E-state index >= 15 is 0 Å². The summed E-state index contributed by atoms with van der Waals surface area (Å²) in [7, 11) is 1.51. The quantitative estimate of drug-likeness (QED) is 0.785. The predicted molar refractivity (Wildman–Crippen MR) is 74.1 cm³/mol. The van der Waals surface area contributed by atoms with E-state index < -0.39 is 5.82 Å². The Bertz CT molecular complexity index is 629. The van der Waals surface area contributed by atoms with E-state index in [0.29, 0.717) is 16.9 Å². The van der Waals surface area contributed by atoms with E-state index in [1.165, 1.54) is 19.2 Å². The minimum Gasteiger partial charge on any atom is -0.496 e. The van der Waals surface area contributed by atoms with Gasteiger partial charge in [-0.25, -0.2) is 4.39 Å². The molecule has 0 spiro atoms. The van der Waals surface area contributed by atoms with Crippen LogP contribution in [0.1, 0.15) is 15.9 Å². The van der Waals surface area contributed by atoms with Crippen LogP contribution >= 0.6 is 11.6 Å². The lowest BCUT2D eigenvalue weighted by molar-refractivity contribution is 0.112. The zero-order chi connectivity index (χ0) is 14.5. The molecule has 0 bridgehead atoms. The third kappa shape index (κ3) is 3.08. The van der Waals surface area contributed by atoms with Gasteiger partial charge in [0.15, 0.2) is 11.6 Å². The Morgan fingerprint density at radius 1 is 1.25 bits per heavy atom. The second-order valence-corrected chi connectivity index (χ2v) is 4.44. The SMILES string of the molecule is COc1ccc(C=O)cc1COc1cccc(Cl)c1F. The summed E-state index contributed by atoms with van der Waals surface area (Å²) < 4.78 is 24.2. The highest BCUT2D eigenvalue weighted by Crippen LogP contribution is 2.26. The van der Waals surface area contributed by atoms with Gasteiger partial charge < -0.3 is 9.47 Å². The molecule has 104 valence electrons. The monoisotopic (exact) mass is 294 g/mol. The molecule has 0 aliphatic heterocycles. The Balaban J connectivity index is 2.21. The first kappa shape index (κ1) is 14.3. The Hall–Kier alpha value is -2.07. The Morgan fingerprint density at radius 3 is 2.75 bits per heavy atom. The zero-order valence-corrected chi connectivity index (χ0v) is 11.5. The highest BCUT2D eigenvalue weighted by Gasteiger charge is 2.10. The molecule has 2 aromatic rings. The van der Waals surface area contributed by atoms with Crippen molar-refractivity contribution in [1.29, 1.82) is 0 Å². The topological polar surface area (TPSA) is 35.5 Å². The van der Waals surface area contributed by atoms with Crippen LogP contribution in [0.5, 0.6) is 11.5 Å². The third-order valence-electron chi connectivity index (χ3n) is 2.74. The molecular formula is C15H12ClFO3. The van der Waals surface area contributed by atoms with Crippen molar-refractivity contribution in [3.05, 3.63) is 58.4 Å². The first-order valence-electron chi connectivity index (χ1n) is 5.84. The normalized spacial score (nSPS) is 10.2. The first-order valence-corrected chi connectivity index (χ1v) is 6.22. The van der Waals surface area contributed by atoms with Gasteiger partial charge in [0.2, 0.25) is 0 Å². The second kappa shape index (κ2) is 6.39. The number of rotatable bonds is 5. The summed E-state index contributed by atoms with van der Waals surface area (Å²) in [5, 5.41) is -0.00360. The van der Waals surface area contributed by atoms with Crippen LogP contribution in [0.3, 0.4) is 0 Å². The highest BCUT2D eigenvalue weighted by atomic mass is 35.5. The van der Waals surface area contributed by atoms with Crippen molar-refractivity contribution in [1.82, 2.24) is 0 Å². The van der Waals surface area contributed by atoms with E-state index in [9.17, 15) is 9.18 Å². The molecule has 20 heavy (non-hydrogen) atoms. The molecule has 2 aromatic carbocycles. The molecule has 0 unspecified atom stereocenters. The number of hydrogen-bond donors (Lipinski definition) is 0. The fourth-order valence-electron chi connectivity index (χ4n) is 1.74. The Labute approximate surface area is 120 Å². The summed E-state index contributed by atoms with van der Waals surface area (Å²) in [6.07, 6.45) is 0.725. The molecule has 0 aliphatic rings. The van der Waals surface area contributed by atoms with Gasteiger partial charge in [-0.2, -0.15) is 0 Å². The molecule has 0 saturated heterocycles.